The van der Waals surface area contributed by atoms with Gasteiger partial charge in [-0.15, -0.1) is 0 Å². The van der Waals surface area contributed by atoms with Crippen molar-refractivity contribution in [2.75, 3.05) is 19.6 Å². The second kappa shape index (κ2) is 4.62. The Balaban J connectivity index is 2.15. The number of nitrogens with one attached hydrogen (secondary N) is 1. The Morgan fingerprint density at radius 3 is 3.00 bits per heavy atom. The first kappa shape index (κ1) is 11.7. The molecule has 0 aromatic heterocycles. The molecule has 1 aliphatic carbocycles. The first-order valence-corrected chi connectivity index (χ1v) is 6.43. The first-order valence-electron chi connectivity index (χ1n) is 6.43. The van der Waals surface area contributed by atoms with Crippen molar-refractivity contribution in [3.8, 4) is 0 Å². The minimum Gasteiger partial charge on any atom is -0.338 e. The standard InChI is InChI=1S/C12H23N3O/c1-10-4-2-5-12(8-10,9-13)15-7-3-6-14-11(15)16/h10H,2-9,13H2,1H3,(H,14,16). The largest absolute Gasteiger partial charge is 0.338 e. The molecule has 0 aromatic rings. The Labute approximate surface area is 97.6 Å². The lowest BCUT2D eigenvalue weighted by Gasteiger charge is -2.49. The molecule has 4 heteroatoms. The molecule has 2 unspecified atom stereocenters. The van der Waals surface area contributed by atoms with Gasteiger partial charge in [-0.2, -0.15) is 0 Å². The summed E-state index contributed by atoms with van der Waals surface area (Å²) < 4.78 is 0. The second-order valence-corrected chi connectivity index (χ2v) is 5.37. The van der Waals surface area contributed by atoms with Crippen LogP contribution in [0.2, 0.25) is 0 Å². The average molecular weight is 225 g/mol. The third-order valence-electron chi connectivity index (χ3n) is 4.10. The fourth-order valence-electron chi connectivity index (χ4n) is 3.26. The number of nitrogens with zero attached hydrogens (tertiary/aromatic N) is 1. The number of hydrogen-bond donors (Lipinski definition) is 2. The Bertz CT molecular complexity index is 269. The van der Waals surface area contributed by atoms with Crippen molar-refractivity contribution in [2.24, 2.45) is 11.7 Å². The number of nitrogens with two attached hydrogens (primary N) is 1. The Morgan fingerprint density at radius 2 is 2.38 bits per heavy atom. The molecule has 1 saturated carbocycles. The number of rotatable bonds is 2. The van der Waals surface area contributed by atoms with Gasteiger partial charge in [-0.05, 0) is 25.2 Å². The van der Waals surface area contributed by atoms with E-state index in [0.717, 1.165) is 32.4 Å². The molecule has 2 atom stereocenters. The summed E-state index contributed by atoms with van der Waals surface area (Å²) in [5.74, 6) is 0.687. The predicted molar refractivity (Wildman–Crippen MR) is 64.1 cm³/mol. The highest BCUT2D eigenvalue weighted by atomic mass is 16.2. The highest BCUT2D eigenvalue weighted by molar-refractivity contribution is 5.75. The van der Waals surface area contributed by atoms with Gasteiger partial charge in [0, 0.05) is 19.6 Å². The zero-order chi connectivity index (χ0) is 11.6. The molecule has 2 amide bonds. The van der Waals surface area contributed by atoms with E-state index in [4.69, 9.17) is 5.73 Å². The van der Waals surface area contributed by atoms with E-state index in [1.807, 2.05) is 4.90 Å². The van der Waals surface area contributed by atoms with Crippen LogP contribution in [0.25, 0.3) is 0 Å². The number of carbonyl (C=O) groups is 1. The molecule has 1 heterocycles. The predicted octanol–water partition coefficient (Wildman–Crippen LogP) is 1.31. The first-order chi connectivity index (χ1) is 7.68. The summed E-state index contributed by atoms with van der Waals surface area (Å²) in [6, 6.07) is 0.0887. The van der Waals surface area contributed by atoms with Gasteiger partial charge < -0.3 is 16.0 Å². The van der Waals surface area contributed by atoms with Crippen LogP contribution in [0.5, 0.6) is 0 Å². The molecule has 0 spiro atoms. The quantitative estimate of drug-likeness (QED) is 0.744. The Morgan fingerprint density at radius 1 is 1.56 bits per heavy atom. The maximum absolute atomic E-state index is 11.9. The van der Waals surface area contributed by atoms with Crippen LogP contribution in [0, 0.1) is 5.92 Å². The molecule has 2 rings (SSSR count). The van der Waals surface area contributed by atoms with Gasteiger partial charge in [0.2, 0.25) is 0 Å². The third-order valence-corrected chi connectivity index (χ3v) is 4.10. The van der Waals surface area contributed by atoms with Gasteiger partial charge in [-0.3, -0.25) is 0 Å². The minimum atomic E-state index is -0.0673. The SMILES string of the molecule is CC1CCCC(CN)(N2CCCNC2=O)C1. The molecule has 1 saturated heterocycles. The van der Waals surface area contributed by atoms with Gasteiger partial charge in [0.15, 0.2) is 0 Å². The lowest BCUT2D eigenvalue weighted by Crippen LogP contribution is -2.63. The maximum atomic E-state index is 11.9. The number of hydrogen-bond acceptors (Lipinski definition) is 2. The number of amides is 2. The highest BCUT2D eigenvalue weighted by Gasteiger charge is 2.42. The van der Waals surface area contributed by atoms with Crippen molar-refractivity contribution in [2.45, 2.75) is 44.6 Å². The van der Waals surface area contributed by atoms with E-state index in [0.29, 0.717) is 12.5 Å². The summed E-state index contributed by atoms with van der Waals surface area (Å²) in [6.45, 7) is 4.55. The van der Waals surface area contributed by atoms with Crippen molar-refractivity contribution >= 4 is 6.03 Å². The average Bonchev–Trinajstić information content (AvgIpc) is 2.29. The molecule has 0 radical (unpaired) electrons. The van der Waals surface area contributed by atoms with Crippen molar-refractivity contribution in [1.82, 2.24) is 10.2 Å². The van der Waals surface area contributed by atoms with Crippen molar-refractivity contribution in [1.29, 1.82) is 0 Å². The fourth-order valence-corrected chi connectivity index (χ4v) is 3.26. The van der Waals surface area contributed by atoms with Crippen LogP contribution in [0.15, 0.2) is 0 Å². The summed E-state index contributed by atoms with van der Waals surface area (Å²) in [5.41, 5.74) is 5.90. The molecule has 0 aromatic carbocycles. The molecule has 92 valence electrons. The van der Waals surface area contributed by atoms with Crippen molar-refractivity contribution in [3.63, 3.8) is 0 Å². The van der Waals surface area contributed by atoms with Crippen molar-refractivity contribution in [3.05, 3.63) is 0 Å². The summed E-state index contributed by atoms with van der Waals surface area (Å²) in [4.78, 5) is 13.9. The molecule has 0 bridgehead atoms. The lowest BCUT2D eigenvalue weighted by molar-refractivity contribution is 0.0573. The van der Waals surface area contributed by atoms with E-state index in [1.54, 1.807) is 0 Å². The second-order valence-electron chi connectivity index (χ2n) is 5.37. The third kappa shape index (κ3) is 2.03. The summed E-state index contributed by atoms with van der Waals surface area (Å²) in [7, 11) is 0. The zero-order valence-corrected chi connectivity index (χ0v) is 10.2. The van der Waals surface area contributed by atoms with Gasteiger partial charge >= 0.3 is 6.03 Å². The monoisotopic (exact) mass is 225 g/mol. The van der Waals surface area contributed by atoms with Gasteiger partial charge in [0.05, 0.1) is 5.54 Å². The molecular formula is C12H23N3O. The maximum Gasteiger partial charge on any atom is 0.317 e. The molecule has 1 aliphatic heterocycles. The van der Waals surface area contributed by atoms with E-state index >= 15 is 0 Å². The van der Waals surface area contributed by atoms with Crippen LogP contribution in [0.4, 0.5) is 4.79 Å². The molecule has 3 N–H and O–H groups in total. The summed E-state index contributed by atoms with van der Waals surface area (Å²) in [5, 5.41) is 2.93. The minimum absolute atomic E-state index is 0.0673. The van der Waals surface area contributed by atoms with E-state index in [-0.39, 0.29) is 11.6 Å². The zero-order valence-electron chi connectivity index (χ0n) is 10.2. The van der Waals surface area contributed by atoms with E-state index in [1.165, 1.54) is 12.8 Å². The topological polar surface area (TPSA) is 58.4 Å². The van der Waals surface area contributed by atoms with Crippen LogP contribution in [-0.4, -0.2) is 36.1 Å². The van der Waals surface area contributed by atoms with Crippen LogP contribution >= 0.6 is 0 Å². The summed E-state index contributed by atoms with van der Waals surface area (Å²) in [6.07, 6.45) is 5.65. The fraction of sp³-hybridized carbons (Fsp3) is 0.917. The van der Waals surface area contributed by atoms with E-state index < -0.39 is 0 Å². The van der Waals surface area contributed by atoms with Crippen LogP contribution in [-0.2, 0) is 0 Å². The lowest BCUT2D eigenvalue weighted by atomic mass is 9.75. The van der Waals surface area contributed by atoms with Gasteiger partial charge in [0.1, 0.15) is 0 Å². The molecule has 2 fully saturated rings. The Kier molecular flexibility index (Phi) is 3.38. The number of carbonyl (C=O) groups excluding carboxylic acids is 1. The van der Waals surface area contributed by atoms with Gasteiger partial charge in [0.25, 0.3) is 0 Å². The Hall–Kier alpha value is -0.770. The van der Waals surface area contributed by atoms with Gasteiger partial charge in [-0.1, -0.05) is 19.8 Å². The van der Waals surface area contributed by atoms with Crippen LogP contribution in [0.3, 0.4) is 0 Å². The molecule has 2 aliphatic rings. The van der Waals surface area contributed by atoms with Crippen LogP contribution < -0.4 is 11.1 Å². The van der Waals surface area contributed by atoms with E-state index in [2.05, 4.69) is 12.2 Å². The highest BCUT2D eigenvalue weighted by Crippen LogP contribution is 2.36. The molecular weight excluding hydrogens is 202 g/mol. The smallest absolute Gasteiger partial charge is 0.317 e. The molecule has 4 nitrogen and oxygen atoms in total. The van der Waals surface area contributed by atoms with Crippen molar-refractivity contribution < 1.29 is 4.79 Å². The normalized spacial score (nSPS) is 36.0. The van der Waals surface area contributed by atoms with Gasteiger partial charge in [-0.25, -0.2) is 4.79 Å². The van der Waals surface area contributed by atoms with Crippen LogP contribution in [0.1, 0.15) is 39.0 Å². The summed E-state index contributed by atoms with van der Waals surface area (Å²) >= 11 is 0. The number of urea groups is 1. The van der Waals surface area contributed by atoms with E-state index in [9.17, 15) is 4.79 Å². The molecule has 16 heavy (non-hydrogen) atoms.